The normalized spacial score (nSPS) is 10.7. The Kier molecular flexibility index (Phi) is 3.91. The molecule has 0 fully saturated rings. The number of benzene rings is 1. The fourth-order valence-corrected chi connectivity index (χ4v) is 1.82. The van der Waals surface area contributed by atoms with Crippen LogP contribution < -0.4 is 0 Å². The predicted molar refractivity (Wildman–Crippen MR) is 68.9 cm³/mol. The topological polar surface area (TPSA) is 30.7 Å². The van der Waals surface area contributed by atoms with E-state index in [4.69, 9.17) is 0 Å². The van der Waals surface area contributed by atoms with Crippen molar-refractivity contribution in [1.82, 2.24) is 15.0 Å². The molecule has 2 aromatic rings. The summed E-state index contributed by atoms with van der Waals surface area (Å²) in [7, 11) is 0. The number of aryl methyl sites for hydroxylation is 4. The van der Waals surface area contributed by atoms with Crippen LogP contribution in [0.25, 0.3) is 0 Å². The molecule has 2 rings (SSSR count). The summed E-state index contributed by atoms with van der Waals surface area (Å²) in [5.74, 6) is 0. The largest absolute Gasteiger partial charge is 0.253 e. The average Bonchev–Trinajstić information content (AvgIpc) is 2.85. The maximum Gasteiger partial charge on any atom is 0.0830 e. The highest BCUT2D eigenvalue weighted by molar-refractivity contribution is 5.23. The van der Waals surface area contributed by atoms with E-state index in [1.54, 1.807) is 0 Å². The van der Waals surface area contributed by atoms with Crippen LogP contribution in [0.3, 0.4) is 0 Å². The lowest BCUT2D eigenvalue weighted by Crippen LogP contribution is -1.93. The Hall–Kier alpha value is -1.64. The average molecular weight is 229 g/mol. The van der Waals surface area contributed by atoms with Gasteiger partial charge in [-0.1, -0.05) is 36.4 Å². The third kappa shape index (κ3) is 3.16. The summed E-state index contributed by atoms with van der Waals surface area (Å²) in [6, 6.07) is 8.84. The molecule has 0 atom stereocenters. The number of rotatable bonds is 5. The molecule has 17 heavy (non-hydrogen) atoms. The first-order chi connectivity index (χ1) is 8.31. The monoisotopic (exact) mass is 229 g/mol. The van der Waals surface area contributed by atoms with E-state index in [1.165, 1.54) is 11.1 Å². The van der Waals surface area contributed by atoms with Gasteiger partial charge in [0, 0.05) is 12.7 Å². The molecule has 0 aliphatic heterocycles. The molecule has 0 amide bonds. The van der Waals surface area contributed by atoms with E-state index < -0.39 is 0 Å². The highest BCUT2D eigenvalue weighted by Crippen LogP contribution is 2.08. The van der Waals surface area contributed by atoms with Gasteiger partial charge in [0.25, 0.3) is 0 Å². The maximum absolute atomic E-state index is 4.15. The van der Waals surface area contributed by atoms with E-state index in [2.05, 4.69) is 48.4 Å². The van der Waals surface area contributed by atoms with Crippen molar-refractivity contribution in [2.45, 2.75) is 39.7 Å². The van der Waals surface area contributed by atoms with Gasteiger partial charge in [0.05, 0.1) is 5.69 Å². The molecule has 90 valence electrons. The van der Waals surface area contributed by atoms with Gasteiger partial charge in [0.2, 0.25) is 0 Å². The number of hydrogen-bond acceptors (Lipinski definition) is 2. The van der Waals surface area contributed by atoms with Gasteiger partial charge in [-0.2, -0.15) is 0 Å². The first kappa shape index (κ1) is 11.8. The first-order valence-electron chi connectivity index (χ1n) is 6.28. The summed E-state index contributed by atoms with van der Waals surface area (Å²) >= 11 is 0. The Morgan fingerprint density at radius 1 is 1.00 bits per heavy atom. The van der Waals surface area contributed by atoms with Crippen LogP contribution in [0.2, 0.25) is 0 Å². The lowest BCUT2D eigenvalue weighted by atomic mass is 10.1. The van der Waals surface area contributed by atoms with Crippen molar-refractivity contribution in [2.75, 3.05) is 0 Å². The Morgan fingerprint density at radius 3 is 2.29 bits per heavy atom. The van der Waals surface area contributed by atoms with Crippen molar-refractivity contribution in [3.8, 4) is 0 Å². The highest BCUT2D eigenvalue weighted by atomic mass is 15.4. The molecule has 1 aromatic heterocycles. The summed E-state index contributed by atoms with van der Waals surface area (Å²) in [5, 5.41) is 8.19. The van der Waals surface area contributed by atoms with Crippen LogP contribution in [-0.4, -0.2) is 15.0 Å². The minimum atomic E-state index is 0.887. The van der Waals surface area contributed by atoms with Gasteiger partial charge in [0.15, 0.2) is 0 Å². The fourth-order valence-electron chi connectivity index (χ4n) is 1.82. The Balaban J connectivity index is 1.92. The van der Waals surface area contributed by atoms with E-state index in [1.807, 2.05) is 10.9 Å². The standard InChI is InChI=1S/C14H19N3/c1-3-12-5-7-13(8-6-12)9-10-14-11-17(4-2)16-15-14/h5-8,11H,3-4,9-10H2,1-2H3. The van der Waals surface area contributed by atoms with Crippen molar-refractivity contribution >= 4 is 0 Å². The Morgan fingerprint density at radius 2 is 1.71 bits per heavy atom. The Bertz CT molecular complexity index is 457. The van der Waals surface area contributed by atoms with Crippen molar-refractivity contribution in [3.63, 3.8) is 0 Å². The summed E-state index contributed by atoms with van der Waals surface area (Å²) in [6.07, 6.45) is 5.13. The maximum atomic E-state index is 4.15. The van der Waals surface area contributed by atoms with Crippen LogP contribution in [0.4, 0.5) is 0 Å². The van der Waals surface area contributed by atoms with E-state index in [-0.39, 0.29) is 0 Å². The molecule has 3 heteroatoms. The first-order valence-corrected chi connectivity index (χ1v) is 6.28. The molecule has 0 saturated carbocycles. The third-order valence-electron chi connectivity index (χ3n) is 3.01. The zero-order chi connectivity index (χ0) is 12.1. The minimum absolute atomic E-state index is 0.887. The zero-order valence-electron chi connectivity index (χ0n) is 10.6. The van der Waals surface area contributed by atoms with E-state index >= 15 is 0 Å². The molecule has 1 heterocycles. The molecular formula is C14H19N3. The molecule has 0 aliphatic carbocycles. The molecule has 0 unspecified atom stereocenters. The van der Waals surface area contributed by atoms with Crippen LogP contribution in [0.1, 0.15) is 30.7 Å². The van der Waals surface area contributed by atoms with Crippen molar-refractivity contribution in [1.29, 1.82) is 0 Å². The predicted octanol–water partition coefficient (Wildman–Crippen LogP) is 2.65. The second-order valence-corrected chi connectivity index (χ2v) is 4.24. The fraction of sp³-hybridized carbons (Fsp3) is 0.429. The second-order valence-electron chi connectivity index (χ2n) is 4.24. The molecule has 0 radical (unpaired) electrons. The van der Waals surface area contributed by atoms with E-state index in [9.17, 15) is 0 Å². The van der Waals surface area contributed by atoms with Crippen molar-refractivity contribution in [3.05, 3.63) is 47.3 Å². The van der Waals surface area contributed by atoms with Crippen LogP contribution in [0, 0.1) is 0 Å². The number of hydrogen-bond donors (Lipinski definition) is 0. The van der Waals surface area contributed by atoms with Crippen molar-refractivity contribution in [2.24, 2.45) is 0 Å². The van der Waals surface area contributed by atoms with Gasteiger partial charge in [-0.25, -0.2) is 0 Å². The van der Waals surface area contributed by atoms with Gasteiger partial charge >= 0.3 is 0 Å². The second kappa shape index (κ2) is 5.62. The molecule has 0 aliphatic rings. The van der Waals surface area contributed by atoms with Gasteiger partial charge in [-0.3, -0.25) is 4.68 Å². The van der Waals surface area contributed by atoms with Crippen LogP contribution in [0.15, 0.2) is 30.5 Å². The van der Waals surface area contributed by atoms with Crippen LogP contribution >= 0.6 is 0 Å². The Labute approximate surface area is 102 Å². The minimum Gasteiger partial charge on any atom is -0.253 e. The number of nitrogens with zero attached hydrogens (tertiary/aromatic N) is 3. The highest BCUT2D eigenvalue weighted by Gasteiger charge is 2.00. The lowest BCUT2D eigenvalue weighted by molar-refractivity contribution is 0.626. The lowest BCUT2D eigenvalue weighted by Gasteiger charge is -2.01. The van der Waals surface area contributed by atoms with Crippen LogP contribution in [-0.2, 0) is 25.8 Å². The summed E-state index contributed by atoms with van der Waals surface area (Å²) in [6.45, 7) is 5.14. The summed E-state index contributed by atoms with van der Waals surface area (Å²) in [4.78, 5) is 0. The summed E-state index contributed by atoms with van der Waals surface area (Å²) in [5.41, 5.74) is 3.84. The molecule has 1 aromatic carbocycles. The molecular weight excluding hydrogens is 210 g/mol. The molecule has 0 N–H and O–H groups in total. The molecule has 0 bridgehead atoms. The van der Waals surface area contributed by atoms with Crippen molar-refractivity contribution < 1.29 is 0 Å². The van der Waals surface area contributed by atoms with E-state index in [0.717, 1.165) is 31.5 Å². The van der Waals surface area contributed by atoms with Gasteiger partial charge in [-0.05, 0) is 37.3 Å². The van der Waals surface area contributed by atoms with Crippen LogP contribution in [0.5, 0.6) is 0 Å². The summed E-state index contributed by atoms with van der Waals surface area (Å²) < 4.78 is 1.87. The third-order valence-corrected chi connectivity index (χ3v) is 3.01. The molecule has 3 nitrogen and oxygen atoms in total. The smallest absolute Gasteiger partial charge is 0.0830 e. The zero-order valence-corrected chi connectivity index (χ0v) is 10.6. The number of aromatic nitrogens is 3. The molecule has 0 spiro atoms. The van der Waals surface area contributed by atoms with E-state index in [0.29, 0.717) is 0 Å². The van der Waals surface area contributed by atoms with Gasteiger partial charge in [0.1, 0.15) is 0 Å². The SMILES string of the molecule is CCc1ccc(CCc2cn(CC)nn2)cc1. The van der Waals surface area contributed by atoms with Gasteiger partial charge in [-0.15, -0.1) is 5.10 Å². The van der Waals surface area contributed by atoms with Gasteiger partial charge < -0.3 is 0 Å². The quantitative estimate of drug-likeness (QED) is 0.789. The molecule has 0 saturated heterocycles.